The predicted octanol–water partition coefficient (Wildman–Crippen LogP) is 4.65. The minimum Gasteiger partial charge on any atom is -0.507 e. The van der Waals surface area contributed by atoms with Gasteiger partial charge in [0.15, 0.2) is 0 Å². The number of hydrogen-bond donors (Lipinski definition) is 2. The number of azo groups is 1. The fourth-order valence-electron chi connectivity index (χ4n) is 1.86. The van der Waals surface area contributed by atoms with E-state index in [1.165, 1.54) is 0 Å². The van der Waals surface area contributed by atoms with Crippen molar-refractivity contribution < 1.29 is 27.3 Å². The quantitative estimate of drug-likeness (QED) is 0.499. The van der Waals surface area contributed by atoms with Gasteiger partial charge in [0, 0.05) is 29.5 Å². The summed E-state index contributed by atoms with van der Waals surface area (Å²) in [5.41, 5.74) is 0.505. The van der Waals surface area contributed by atoms with Crippen molar-refractivity contribution in [3.05, 3.63) is 66.7 Å². The summed E-state index contributed by atoms with van der Waals surface area (Å²) in [6.45, 7) is 0. The van der Waals surface area contributed by atoms with Gasteiger partial charge < -0.3 is 10.2 Å². The molecule has 0 saturated heterocycles. The molecule has 2 N–H and O–H groups in total. The Hall–Kier alpha value is -2.36. The molecule has 4 nitrogen and oxygen atoms in total. The molecule has 0 aliphatic carbocycles. The summed E-state index contributed by atoms with van der Waals surface area (Å²) in [5, 5.41) is 27.7. The van der Waals surface area contributed by atoms with Gasteiger partial charge in [-0.2, -0.15) is 10.2 Å². The number of fused-ring (bicyclic) bond motifs is 1. The van der Waals surface area contributed by atoms with E-state index in [1.54, 1.807) is 37.4 Å². The van der Waals surface area contributed by atoms with Gasteiger partial charge in [-0.15, -0.1) is 0 Å². The zero-order chi connectivity index (χ0) is 15.1. The van der Waals surface area contributed by atoms with Crippen LogP contribution >= 0.6 is 0 Å². The number of nitrogens with zero attached hydrogens (tertiary/aromatic N) is 2. The first-order valence-electron chi connectivity index (χ1n) is 6.47. The average Bonchev–Trinajstić information content (AvgIpc) is 2.51. The molecule has 1 radical (unpaired) electrons. The van der Waals surface area contributed by atoms with Crippen molar-refractivity contribution in [3.8, 4) is 11.5 Å². The molecule has 3 aromatic carbocycles. The van der Waals surface area contributed by atoms with E-state index in [9.17, 15) is 5.11 Å². The molecule has 0 heterocycles. The molecular weight excluding hydrogens is 328 g/mol. The van der Waals surface area contributed by atoms with Gasteiger partial charge in [0.25, 0.3) is 0 Å². The van der Waals surface area contributed by atoms with Gasteiger partial charge in [0.05, 0.1) is 0 Å². The summed E-state index contributed by atoms with van der Waals surface area (Å²) in [4.78, 5) is 0. The van der Waals surface area contributed by atoms with E-state index in [1.807, 2.05) is 36.4 Å². The fourth-order valence-corrected chi connectivity index (χ4v) is 1.86. The Kier molecular flexibility index (Phi) is 7.09. The summed E-state index contributed by atoms with van der Waals surface area (Å²) in [7, 11) is 1.56. The Balaban J connectivity index is 0.000000212. The van der Waals surface area contributed by atoms with Crippen LogP contribution in [0.25, 0.3) is 10.8 Å². The maximum atomic E-state index is 9.37. The van der Waals surface area contributed by atoms with Gasteiger partial charge in [-0.3, -0.25) is 0 Å². The third-order valence-corrected chi connectivity index (χ3v) is 2.86. The van der Waals surface area contributed by atoms with E-state index in [2.05, 4.69) is 10.2 Å². The van der Waals surface area contributed by atoms with Crippen molar-refractivity contribution in [3.63, 3.8) is 0 Å². The molecule has 0 bridgehead atoms. The van der Waals surface area contributed by atoms with Crippen molar-refractivity contribution in [1.82, 2.24) is 0 Å². The van der Waals surface area contributed by atoms with Gasteiger partial charge in [-0.05, 0) is 23.6 Å². The zero-order valence-electron chi connectivity index (χ0n) is 11.9. The smallest absolute Gasteiger partial charge is 0.143 e. The van der Waals surface area contributed by atoms with Gasteiger partial charge in [-0.1, -0.05) is 48.5 Å². The molecular formula is C17H16CuN2O2. The van der Waals surface area contributed by atoms with Gasteiger partial charge in [-0.25, -0.2) is 0 Å². The molecule has 0 fully saturated rings. The maximum absolute atomic E-state index is 9.37. The van der Waals surface area contributed by atoms with E-state index in [4.69, 9.17) is 5.11 Å². The fraction of sp³-hybridized carbons (Fsp3) is 0.0588. The van der Waals surface area contributed by atoms with Gasteiger partial charge in [0.1, 0.15) is 17.2 Å². The number of phenolic OH excluding ortho intramolecular Hbond substituents is 2. The Labute approximate surface area is 139 Å². The van der Waals surface area contributed by atoms with Crippen LogP contribution in [-0.4, -0.2) is 17.3 Å². The molecule has 0 unspecified atom stereocenters. The molecule has 3 aromatic rings. The van der Waals surface area contributed by atoms with Crippen LogP contribution in [0.15, 0.2) is 77.0 Å². The molecule has 0 aliphatic rings. The van der Waals surface area contributed by atoms with Gasteiger partial charge in [0.2, 0.25) is 0 Å². The molecule has 0 atom stereocenters. The van der Waals surface area contributed by atoms with Crippen LogP contribution in [0.1, 0.15) is 0 Å². The Morgan fingerprint density at radius 2 is 1.32 bits per heavy atom. The minimum atomic E-state index is 0. The van der Waals surface area contributed by atoms with Crippen molar-refractivity contribution in [2.75, 3.05) is 7.05 Å². The van der Waals surface area contributed by atoms with Crippen LogP contribution in [0.2, 0.25) is 0 Å². The van der Waals surface area contributed by atoms with Crippen molar-refractivity contribution in [2.45, 2.75) is 0 Å². The molecule has 22 heavy (non-hydrogen) atoms. The number of aromatic hydroxyl groups is 2. The predicted molar refractivity (Wildman–Crippen MR) is 84.2 cm³/mol. The Morgan fingerprint density at radius 1 is 0.727 bits per heavy atom. The van der Waals surface area contributed by atoms with Crippen molar-refractivity contribution in [1.29, 1.82) is 0 Å². The monoisotopic (exact) mass is 343 g/mol. The molecule has 0 amide bonds. The second kappa shape index (κ2) is 8.82. The van der Waals surface area contributed by atoms with E-state index in [-0.39, 0.29) is 22.8 Å². The van der Waals surface area contributed by atoms with E-state index >= 15 is 0 Å². The molecule has 0 spiro atoms. The SMILES string of the molecule is CN=Nc1ccccc1O.Oc1cccc2ccccc12.[Cu]. The first-order valence-corrected chi connectivity index (χ1v) is 6.47. The minimum absolute atomic E-state index is 0. The average molecular weight is 344 g/mol. The second-order valence-electron chi connectivity index (χ2n) is 4.29. The standard InChI is InChI=1S/C10H8O.C7H8N2O.Cu/c11-10-7-3-5-8-4-1-2-6-9(8)10;1-8-9-6-4-2-3-5-7(6)10;/h1-7,11H;2-5,10H,1H3;. The van der Waals surface area contributed by atoms with Crippen LogP contribution in [0, 0.1) is 0 Å². The largest absolute Gasteiger partial charge is 0.507 e. The Bertz CT molecular complexity index is 755. The van der Waals surface area contributed by atoms with Crippen LogP contribution in [0.4, 0.5) is 5.69 Å². The van der Waals surface area contributed by atoms with Crippen LogP contribution in [0.5, 0.6) is 11.5 Å². The maximum Gasteiger partial charge on any atom is 0.143 e. The molecule has 3 rings (SSSR count). The number of hydrogen-bond acceptors (Lipinski definition) is 4. The summed E-state index contributed by atoms with van der Waals surface area (Å²) < 4.78 is 0. The van der Waals surface area contributed by atoms with Crippen molar-refractivity contribution >= 4 is 16.5 Å². The summed E-state index contributed by atoms with van der Waals surface area (Å²) in [6, 6.07) is 20.1. The Morgan fingerprint density at radius 3 is 2.00 bits per heavy atom. The third kappa shape index (κ3) is 4.58. The topological polar surface area (TPSA) is 65.2 Å². The van der Waals surface area contributed by atoms with E-state index in [0.717, 1.165) is 10.8 Å². The first kappa shape index (κ1) is 17.7. The molecule has 117 valence electrons. The summed E-state index contributed by atoms with van der Waals surface area (Å²) in [6.07, 6.45) is 0. The molecule has 0 aromatic heterocycles. The molecule has 0 aliphatic heterocycles. The number of benzene rings is 3. The third-order valence-electron chi connectivity index (χ3n) is 2.86. The van der Waals surface area contributed by atoms with Crippen LogP contribution in [0.3, 0.4) is 0 Å². The van der Waals surface area contributed by atoms with Crippen molar-refractivity contribution in [2.24, 2.45) is 10.2 Å². The molecule has 5 heteroatoms. The van der Waals surface area contributed by atoms with Crippen LogP contribution < -0.4 is 0 Å². The first-order chi connectivity index (χ1) is 10.2. The zero-order valence-corrected chi connectivity index (χ0v) is 12.9. The number of phenols is 2. The normalized spacial score (nSPS) is 9.86. The summed E-state index contributed by atoms with van der Waals surface area (Å²) in [5.74, 6) is 0.510. The van der Waals surface area contributed by atoms with Gasteiger partial charge >= 0.3 is 0 Å². The van der Waals surface area contributed by atoms with E-state index < -0.39 is 0 Å². The number of rotatable bonds is 1. The van der Waals surface area contributed by atoms with E-state index in [0.29, 0.717) is 11.4 Å². The second-order valence-corrected chi connectivity index (χ2v) is 4.29. The number of para-hydroxylation sites is 1. The van der Waals surface area contributed by atoms with Crippen LogP contribution in [-0.2, 0) is 17.1 Å². The summed E-state index contributed by atoms with van der Waals surface area (Å²) >= 11 is 0. The molecule has 0 saturated carbocycles.